The smallest absolute Gasteiger partial charge is 0.326 e. The highest BCUT2D eigenvalue weighted by Crippen LogP contribution is 2.31. The molecule has 2 fully saturated rings. The number of likely N-dealkylation sites (tertiary alicyclic amines) is 1. The van der Waals surface area contributed by atoms with E-state index in [4.69, 9.17) is 14.8 Å². The summed E-state index contributed by atoms with van der Waals surface area (Å²) in [6.45, 7) is 4.13. The number of carbonyl (C=O) groups excluding carboxylic acids is 3. The summed E-state index contributed by atoms with van der Waals surface area (Å²) >= 11 is 0. The summed E-state index contributed by atoms with van der Waals surface area (Å²) < 4.78 is 23.5. The average molecular weight is 547 g/mol. The summed E-state index contributed by atoms with van der Waals surface area (Å²) in [5, 5.41) is 14.9. The topological polar surface area (TPSA) is 177 Å². The number of amides is 3. The number of hydrogen-bond donors (Lipinski definition) is 4. The van der Waals surface area contributed by atoms with E-state index in [-0.39, 0.29) is 11.8 Å². The maximum atomic E-state index is 13.1. The molecule has 12 nitrogen and oxygen atoms in total. The van der Waals surface area contributed by atoms with Crippen molar-refractivity contribution in [2.24, 2.45) is 11.7 Å². The van der Waals surface area contributed by atoms with Crippen molar-refractivity contribution in [2.75, 3.05) is 13.1 Å². The molecule has 0 aromatic heterocycles. The van der Waals surface area contributed by atoms with Crippen LogP contribution in [-0.2, 0) is 32.8 Å². The molecule has 0 spiro atoms. The minimum absolute atomic E-state index is 0.0721. The van der Waals surface area contributed by atoms with Gasteiger partial charge in [0.2, 0.25) is 11.8 Å². The van der Waals surface area contributed by atoms with E-state index in [0.717, 1.165) is 25.7 Å². The molecule has 2 aliphatic rings. The van der Waals surface area contributed by atoms with E-state index in [2.05, 4.69) is 10.6 Å². The number of rotatable bonds is 17. The standard InChI is InChI=1S/C24H43N4O8P/c1-3-4-13-20(27-22(30)18(11-5-6-14-25)26-21(29)17-9-7-10-17)36-37(34)35-16(2)23(31)28-15-8-12-19(28)24(32)33/h16-20,37H,3-15,25H2,1-2H3,(H,26,29)(H,27,30)(H,32,33)/t16?,18-,19-,20-/m0/s1. The third-order valence-electron chi connectivity index (χ3n) is 6.86. The monoisotopic (exact) mass is 546 g/mol. The molecule has 1 aliphatic heterocycles. The predicted molar refractivity (Wildman–Crippen MR) is 137 cm³/mol. The van der Waals surface area contributed by atoms with Crippen LogP contribution in [0.4, 0.5) is 0 Å². The number of nitrogens with two attached hydrogens (primary N) is 1. The summed E-state index contributed by atoms with van der Waals surface area (Å²) in [6, 6.07) is -1.69. The van der Waals surface area contributed by atoms with Crippen molar-refractivity contribution in [3.63, 3.8) is 0 Å². The first-order valence-electron chi connectivity index (χ1n) is 13.4. The molecule has 13 heteroatoms. The van der Waals surface area contributed by atoms with Crippen LogP contribution in [0.2, 0.25) is 0 Å². The predicted octanol–water partition coefficient (Wildman–Crippen LogP) is 1.92. The lowest BCUT2D eigenvalue weighted by Crippen LogP contribution is -2.51. The van der Waals surface area contributed by atoms with Crippen LogP contribution < -0.4 is 16.4 Å². The fourth-order valence-corrected chi connectivity index (χ4v) is 5.24. The summed E-state index contributed by atoms with van der Waals surface area (Å²) in [4.78, 5) is 50.8. The number of hydrogen-bond acceptors (Lipinski definition) is 8. The van der Waals surface area contributed by atoms with Gasteiger partial charge in [0.25, 0.3) is 5.91 Å². The second-order valence-electron chi connectivity index (χ2n) is 9.77. The summed E-state index contributed by atoms with van der Waals surface area (Å²) in [7, 11) is -3.21. The van der Waals surface area contributed by atoms with Gasteiger partial charge in [-0.25, -0.2) is 4.79 Å². The van der Waals surface area contributed by atoms with Gasteiger partial charge in [-0.2, -0.15) is 0 Å². The second-order valence-corrected chi connectivity index (χ2v) is 10.7. The lowest BCUT2D eigenvalue weighted by molar-refractivity contribution is -0.151. The van der Waals surface area contributed by atoms with E-state index in [0.29, 0.717) is 58.0 Å². The van der Waals surface area contributed by atoms with Crippen molar-refractivity contribution >= 4 is 31.9 Å². The fraction of sp³-hybridized carbons (Fsp3) is 0.833. The Morgan fingerprint density at radius 1 is 1.05 bits per heavy atom. The number of carboxylic acids is 1. The van der Waals surface area contributed by atoms with E-state index >= 15 is 0 Å². The highest BCUT2D eigenvalue weighted by atomic mass is 31.1. The van der Waals surface area contributed by atoms with Crippen molar-refractivity contribution in [3.05, 3.63) is 0 Å². The highest BCUT2D eigenvalue weighted by molar-refractivity contribution is 7.33. The number of carbonyl (C=O) groups is 4. The Kier molecular flexibility index (Phi) is 13.5. The van der Waals surface area contributed by atoms with E-state index < -0.39 is 50.5 Å². The van der Waals surface area contributed by atoms with Gasteiger partial charge < -0.3 is 26.4 Å². The SMILES string of the molecule is CCCC[C@@H](NC(=O)[C@H](CCCCN)NC(=O)C1CCC1)O[PH](=O)OC(C)C(=O)N1CCC[C@H]1C(=O)O. The molecule has 1 aliphatic carbocycles. The zero-order chi connectivity index (χ0) is 27.4. The van der Waals surface area contributed by atoms with Gasteiger partial charge in [-0.05, 0) is 71.3 Å². The van der Waals surface area contributed by atoms with E-state index in [1.165, 1.54) is 11.8 Å². The van der Waals surface area contributed by atoms with Crippen molar-refractivity contribution in [3.8, 4) is 0 Å². The van der Waals surface area contributed by atoms with Crippen LogP contribution in [0.25, 0.3) is 0 Å². The molecular formula is C24H43N4O8P. The van der Waals surface area contributed by atoms with E-state index in [1.807, 2.05) is 6.92 Å². The van der Waals surface area contributed by atoms with E-state index in [1.54, 1.807) is 0 Å². The Bertz CT molecular complexity index is 810. The molecule has 2 unspecified atom stereocenters. The Balaban J connectivity index is 1.96. The Labute approximate surface area is 219 Å². The summed E-state index contributed by atoms with van der Waals surface area (Å²) in [5.41, 5.74) is 5.58. The Morgan fingerprint density at radius 2 is 1.78 bits per heavy atom. The van der Waals surface area contributed by atoms with Crippen LogP contribution >= 0.6 is 8.25 Å². The number of unbranched alkanes of at least 4 members (excludes halogenated alkanes) is 2. The van der Waals surface area contributed by atoms with Crippen LogP contribution in [0.5, 0.6) is 0 Å². The average Bonchev–Trinajstić information content (AvgIpc) is 3.30. The molecule has 5 atom stereocenters. The second kappa shape index (κ2) is 16.1. The highest BCUT2D eigenvalue weighted by Gasteiger charge is 2.37. The minimum atomic E-state index is -3.21. The summed E-state index contributed by atoms with van der Waals surface area (Å²) in [6.07, 6.45) is 5.08. The van der Waals surface area contributed by atoms with Crippen molar-refractivity contribution in [1.82, 2.24) is 15.5 Å². The first kappa shape index (κ1) is 31.2. The van der Waals surface area contributed by atoms with Crippen molar-refractivity contribution in [1.29, 1.82) is 0 Å². The van der Waals surface area contributed by atoms with Crippen LogP contribution in [0, 0.1) is 5.92 Å². The van der Waals surface area contributed by atoms with Crippen molar-refractivity contribution < 1.29 is 37.9 Å². The molecule has 0 bridgehead atoms. The van der Waals surface area contributed by atoms with Gasteiger partial charge in [0.1, 0.15) is 24.4 Å². The van der Waals surface area contributed by atoms with Crippen LogP contribution in [0.15, 0.2) is 0 Å². The third kappa shape index (κ3) is 10.00. The van der Waals surface area contributed by atoms with Gasteiger partial charge in [-0.3, -0.25) is 28.0 Å². The normalized spacial score (nSPS) is 20.9. The number of nitrogens with one attached hydrogen (secondary N) is 2. The largest absolute Gasteiger partial charge is 0.480 e. The summed E-state index contributed by atoms with van der Waals surface area (Å²) in [5.74, 6) is -2.31. The minimum Gasteiger partial charge on any atom is -0.480 e. The Hall–Kier alpha value is -2.01. The molecule has 2 rings (SSSR count). The maximum absolute atomic E-state index is 13.1. The van der Waals surface area contributed by atoms with Crippen LogP contribution in [0.3, 0.4) is 0 Å². The first-order chi connectivity index (χ1) is 17.7. The molecule has 212 valence electrons. The molecule has 0 radical (unpaired) electrons. The number of aliphatic carboxylic acids is 1. The third-order valence-corrected chi connectivity index (χ3v) is 7.88. The van der Waals surface area contributed by atoms with E-state index in [9.17, 15) is 28.8 Å². The lowest BCUT2D eigenvalue weighted by Gasteiger charge is -2.28. The van der Waals surface area contributed by atoms with Gasteiger partial charge in [0.05, 0.1) is 0 Å². The zero-order valence-corrected chi connectivity index (χ0v) is 22.9. The molecule has 1 heterocycles. The van der Waals surface area contributed by atoms with Gasteiger partial charge in [-0.1, -0.05) is 19.8 Å². The number of carboxylic acid groups (broad SMARTS) is 1. The van der Waals surface area contributed by atoms with Gasteiger partial charge in [0, 0.05) is 12.5 Å². The molecule has 37 heavy (non-hydrogen) atoms. The molecule has 3 amide bonds. The molecule has 5 N–H and O–H groups in total. The molecule has 1 saturated heterocycles. The quantitative estimate of drug-likeness (QED) is 0.121. The van der Waals surface area contributed by atoms with Gasteiger partial charge >= 0.3 is 14.2 Å². The van der Waals surface area contributed by atoms with Gasteiger partial charge in [0.15, 0.2) is 0 Å². The van der Waals surface area contributed by atoms with Crippen LogP contribution in [0.1, 0.15) is 84.5 Å². The molecular weight excluding hydrogens is 503 g/mol. The maximum Gasteiger partial charge on any atom is 0.326 e. The fourth-order valence-electron chi connectivity index (χ4n) is 4.39. The number of nitrogens with zero attached hydrogens (tertiary/aromatic N) is 1. The van der Waals surface area contributed by atoms with Gasteiger partial charge in [-0.15, -0.1) is 0 Å². The molecule has 0 aromatic carbocycles. The molecule has 1 saturated carbocycles. The zero-order valence-electron chi connectivity index (χ0n) is 21.9. The first-order valence-corrected chi connectivity index (χ1v) is 14.6. The van der Waals surface area contributed by atoms with Crippen molar-refractivity contribution in [2.45, 2.75) is 109 Å². The van der Waals surface area contributed by atoms with Crippen LogP contribution in [-0.4, -0.2) is 71.2 Å². The molecule has 0 aromatic rings. The Morgan fingerprint density at radius 3 is 2.38 bits per heavy atom. The lowest BCUT2D eigenvalue weighted by atomic mass is 9.84.